The number of hydrogen-bond acceptors (Lipinski definition) is 3. The minimum atomic E-state index is -1.77. The minimum Gasteiger partial charge on any atom is -0.411 e. The van der Waals surface area contributed by atoms with E-state index in [9.17, 15) is 4.79 Å². The van der Waals surface area contributed by atoms with E-state index in [1.54, 1.807) is 23.1 Å². The van der Waals surface area contributed by atoms with Crippen molar-refractivity contribution in [2.75, 3.05) is 17.7 Å². The van der Waals surface area contributed by atoms with Gasteiger partial charge in [0.2, 0.25) is 0 Å². The van der Waals surface area contributed by atoms with Gasteiger partial charge in [-0.05, 0) is 37.5 Å². The average molecular weight is 461 g/mol. The van der Waals surface area contributed by atoms with Gasteiger partial charge in [-0.3, -0.25) is 4.90 Å². The Morgan fingerprint density at radius 3 is 2.69 bits per heavy atom. The number of rotatable bonds is 7. The monoisotopic (exact) mass is 458 g/mol. The number of alkyl halides is 3. The van der Waals surface area contributed by atoms with Crippen LogP contribution < -0.4 is 5.32 Å². The topological polar surface area (TPSA) is 41.6 Å². The predicted molar refractivity (Wildman–Crippen MR) is 110 cm³/mol. The lowest BCUT2D eigenvalue weighted by Gasteiger charge is -2.34. The van der Waals surface area contributed by atoms with E-state index < -0.39 is 10.6 Å². The fourth-order valence-corrected chi connectivity index (χ4v) is 3.46. The highest BCUT2D eigenvalue weighted by Gasteiger charge is 2.38. The first kappa shape index (κ1) is 21.8. The molecular weight excluding hydrogens is 441 g/mol. The summed E-state index contributed by atoms with van der Waals surface area (Å²) in [6, 6.07) is 5.22. The van der Waals surface area contributed by atoms with E-state index in [2.05, 4.69) is 11.9 Å². The van der Waals surface area contributed by atoms with Crippen LogP contribution in [-0.4, -0.2) is 40.0 Å². The van der Waals surface area contributed by atoms with Gasteiger partial charge in [0.05, 0.1) is 22.0 Å². The first-order chi connectivity index (χ1) is 12.3. The van der Waals surface area contributed by atoms with E-state index in [-0.39, 0.29) is 18.0 Å². The van der Waals surface area contributed by atoms with E-state index >= 15 is 0 Å². The van der Waals surface area contributed by atoms with Crippen molar-refractivity contribution in [1.82, 2.24) is 4.90 Å². The quantitative estimate of drug-likeness (QED) is 0.382. The number of carbonyl (C=O) groups excluding carboxylic acids is 1. The van der Waals surface area contributed by atoms with Crippen molar-refractivity contribution in [3.05, 3.63) is 40.9 Å². The highest BCUT2D eigenvalue weighted by molar-refractivity contribution is 6.50. The molecular formula is C17H19Cl5N2O2. The molecule has 1 amide bonds. The van der Waals surface area contributed by atoms with Crippen molar-refractivity contribution in [3.8, 4) is 0 Å². The predicted octanol–water partition coefficient (Wildman–Crippen LogP) is 6.32. The molecule has 0 heterocycles. The molecule has 2 atom stereocenters. The van der Waals surface area contributed by atoms with Gasteiger partial charge in [0, 0.05) is 18.3 Å². The fraction of sp³-hybridized carbons (Fsp3) is 0.471. The van der Waals surface area contributed by atoms with Crippen molar-refractivity contribution in [2.24, 2.45) is 0 Å². The van der Waals surface area contributed by atoms with Gasteiger partial charge in [0.15, 0.2) is 0 Å². The summed E-state index contributed by atoms with van der Waals surface area (Å²) >= 11 is 29.4. The zero-order valence-corrected chi connectivity index (χ0v) is 17.6. The van der Waals surface area contributed by atoms with Crippen LogP contribution >= 0.6 is 58.0 Å². The standard InChI is InChI=1S/C17H19Cl5N2O2/c1-2-8-24(16(25)26-17(21,22)10-18)15-5-3-4-14(15)23-11-6-7-12(19)13(20)9-11/h2,6-7,9,14-15,23H,1,3-5,8,10H2. The summed E-state index contributed by atoms with van der Waals surface area (Å²) in [6.07, 6.45) is 3.63. The van der Waals surface area contributed by atoms with Gasteiger partial charge in [0.1, 0.15) is 0 Å². The highest BCUT2D eigenvalue weighted by atomic mass is 35.5. The van der Waals surface area contributed by atoms with Crippen LogP contribution in [-0.2, 0) is 4.74 Å². The molecule has 1 aromatic rings. The molecule has 0 spiro atoms. The van der Waals surface area contributed by atoms with Crippen LogP contribution in [0.5, 0.6) is 0 Å². The molecule has 0 radical (unpaired) electrons. The third kappa shape index (κ3) is 5.74. The SMILES string of the molecule is C=CCN(C(=O)OC(Cl)(Cl)CCl)C1CCCC1Nc1ccc(Cl)c(Cl)c1. The highest BCUT2D eigenvalue weighted by Crippen LogP contribution is 2.32. The van der Waals surface area contributed by atoms with Crippen LogP contribution in [0.3, 0.4) is 0 Å². The maximum atomic E-state index is 12.6. The molecule has 0 aromatic heterocycles. The maximum absolute atomic E-state index is 12.6. The first-order valence-corrected chi connectivity index (χ1v) is 10.1. The van der Waals surface area contributed by atoms with Gasteiger partial charge < -0.3 is 10.1 Å². The molecule has 26 heavy (non-hydrogen) atoms. The lowest BCUT2D eigenvalue weighted by Crippen LogP contribution is -2.48. The Labute approximate surface area is 178 Å². The van der Waals surface area contributed by atoms with Crippen LogP contribution in [0.1, 0.15) is 19.3 Å². The number of nitrogens with zero attached hydrogens (tertiary/aromatic N) is 1. The van der Waals surface area contributed by atoms with Gasteiger partial charge in [0.25, 0.3) is 4.52 Å². The molecule has 1 fully saturated rings. The Morgan fingerprint density at radius 2 is 2.08 bits per heavy atom. The average Bonchev–Trinajstić information content (AvgIpc) is 3.03. The number of anilines is 1. The molecule has 1 saturated carbocycles. The third-order valence-electron chi connectivity index (χ3n) is 4.10. The lowest BCUT2D eigenvalue weighted by atomic mass is 10.1. The Bertz CT molecular complexity index is 656. The Hall–Kier alpha value is -0.520. The fourth-order valence-electron chi connectivity index (χ4n) is 2.98. The Balaban J connectivity index is 2.14. The van der Waals surface area contributed by atoms with Crippen LogP contribution in [0, 0.1) is 0 Å². The maximum Gasteiger partial charge on any atom is 0.413 e. The van der Waals surface area contributed by atoms with Crippen molar-refractivity contribution < 1.29 is 9.53 Å². The van der Waals surface area contributed by atoms with Gasteiger partial charge in [-0.2, -0.15) is 0 Å². The number of ether oxygens (including phenoxy) is 1. The molecule has 1 aliphatic carbocycles. The Morgan fingerprint density at radius 1 is 1.35 bits per heavy atom. The number of amides is 1. The van der Waals surface area contributed by atoms with Crippen LogP contribution in [0.25, 0.3) is 0 Å². The third-order valence-corrected chi connectivity index (χ3v) is 5.91. The lowest BCUT2D eigenvalue weighted by molar-refractivity contribution is 0.0729. The van der Waals surface area contributed by atoms with Crippen molar-refractivity contribution in [1.29, 1.82) is 0 Å². The molecule has 0 bridgehead atoms. The smallest absolute Gasteiger partial charge is 0.411 e. The molecule has 1 N–H and O–H groups in total. The number of benzene rings is 1. The van der Waals surface area contributed by atoms with Crippen LogP contribution in [0.15, 0.2) is 30.9 Å². The van der Waals surface area contributed by atoms with Gasteiger partial charge in [-0.25, -0.2) is 4.79 Å². The number of hydrogen-bond donors (Lipinski definition) is 1. The van der Waals surface area contributed by atoms with Crippen molar-refractivity contribution in [2.45, 2.75) is 35.9 Å². The van der Waals surface area contributed by atoms with Gasteiger partial charge in [-0.15, -0.1) is 18.2 Å². The summed E-state index contributed by atoms with van der Waals surface area (Å²) in [6.45, 7) is 4.01. The summed E-state index contributed by atoms with van der Waals surface area (Å²) < 4.78 is 3.34. The molecule has 1 aromatic carbocycles. The Kier molecular flexibility index (Phi) is 8.05. The zero-order valence-electron chi connectivity index (χ0n) is 13.9. The van der Waals surface area contributed by atoms with Crippen molar-refractivity contribution in [3.63, 3.8) is 0 Å². The minimum absolute atomic E-state index is 0.01000. The van der Waals surface area contributed by atoms with Gasteiger partial charge >= 0.3 is 6.09 Å². The number of nitrogens with one attached hydrogen (secondary N) is 1. The van der Waals surface area contributed by atoms with E-state index in [0.717, 1.165) is 24.9 Å². The molecule has 1 aliphatic rings. The number of carbonyl (C=O) groups is 1. The van der Waals surface area contributed by atoms with E-state index in [0.29, 0.717) is 16.6 Å². The molecule has 0 saturated heterocycles. The second-order valence-corrected chi connectivity index (χ2v) is 8.45. The molecule has 9 heteroatoms. The number of halogens is 5. The molecule has 2 rings (SSSR count). The zero-order chi connectivity index (χ0) is 19.3. The second kappa shape index (κ2) is 9.61. The summed E-state index contributed by atoms with van der Waals surface area (Å²) in [4.78, 5) is 14.1. The summed E-state index contributed by atoms with van der Waals surface area (Å²) in [7, 11) is 0. The van der Waals surface area contributed by atoms with E-state index in [1.165, 1.54) is 0 Å². The van der Waals surface area contributed by atoms with Gasteiger partial charge in [-0.1, -0.05) is 52.5 Å². The summed E-state index contributed by atoms with van der Waals surface area (Å²) in [5.41, 5.74) is 0.827. The summed E-state index contributed by atoms with van der Waals surface area (Å²) in [5.74, 6) is -0.237. The van der Waals surface area contributed by atoms with E-state index in [4.69, 9.17) is 62.7 Å². The molecule has 144 valence electrons. The first-order valence-electron chi connectivity index (χ1n) is 8.03. The second-order valence-electron chi connectivity index (χ2n) is 5.96. The largest absolute Gasteiger partial charge is 0.413 e. The van der Waals surface area contributed by atoms with E-state index in [1.807, 2.05) is 6.07 Å². The normalized spacial score (nSPS) is 19.9. The molecule has 0 aliphatic heterocycles. The molecule has 2 unspecified atom stereocenters. The van der Waals surface area contributed by atoms with Crippen molar-refractivity contribution >= 4 is 69.8 Å². The summed E-state index contributed by atoms with van der Waals surface area (Å²) in [5, 5.41) is 4.36. The van der Waals surface area contributed by atoms with Crippen LogP contribution in [0.2, 0.25) is 10.0 Å². The molecule has 4 nitrogen and oxygen atoms in total. The van der Waals surface area contributed by atoms with Crippen LogP contribution in [0.4, 0.5) is 10.5 Å².